The van der Waals surface area contributed by atoms with Crippen LogP contribution in [0.5, 0.6) is 0 Å². The van der Waals surface area contributed by atoms with Crippen molar-refractivity contribution in [2.24, 2.45) is 11.8 Å². The minimum atomic E-state index is -1.30. The molecule has 2 fully saturated rings. The van der Waals surface area contributed by atoms with Crippen LogP contribution >= 0.6 is 11.6 Å². The molecule has 4 rings (SSSR count). The van der Waals surface area contributed by atoms with E-state index >= 15 is 0 Å². The highest BCUT2D eigenvalue weighted by Gasteiger charge is 2.37. The number of aromatic nitrogens is 1. The van der Waals surface area contributed by atoms with Gasteiger partial charge < -0.3 is 9.80 Å². The normalized spacial score (nSPS) is 20.1. The maximum Gasteiger partial charge on any atom is 0.253 e. The van der Waals surface area contributed by atoms with Crippen molar-refractivity contribution in [1.29, 1.82) is 0 Å². The minimum Gasteiger partial charge on any atom is -0.342 e. The van der Waals surface area contributed by atoms with E-state index in [4.69, 9.17) is 11.6 Å². The number of benzene rings is 1. The maximum absolute atomic E-state index is 13.6. The van der Waals surface area contributed by atoms with Gasteiger partial charge in [0.15, 0.2) is 11.8 Å². The van der Waals surface area contributed by atoms with Crippen molar-refractivity contribution >= 4 is 29.2 Å². The van der Waals surface area contributed by atoms with Crippen molar-refractivity contribution in [2.45, 2.75) is 38.6 Å². The third-order valence-corrected chi connectivity index (χ3v) is 7.12. The number of hydrogen-bond donors (Lipinski definition) is 0. The number of halogens is 1. The summed E-state index contributed by atoms with van der Waals surface area (Å²) in [4.78, 5) is 56.1. The van der Waals surface area contributed by atoms with Crippen molar-refractivity contribution in [3.05, 3.63) is 69.6 Å². The average molecular weight is 484 g/mol. The van der Waals surface area contributed by atoms with Gasteiger partial charge in [-0.05, 0) is 61.9 Å². The van der Waals surface area contributed by atoms with E-state index in [9.17, 15) is 19.2 Å². The summed E-state index contributed by atoms with van der Waals surface area (Å²) in [6.45, 7) is 4.53. The van der Waals surface area contributed by atoms with E-state index in [1.165, 1.54) is 16.8 Å². The zero-order chi connectivity index (χ0) is 24.2. The lowest BCUT2D eigenvalue weighted by Crippen LogP contribution is -2.49. The highest BCUT2D eigenvalue weighted by atomic mass is 35.5. The topological polar surface area (TPSA) is 79.7 Å². The monoisotopic (exact) mass is 483 g/mol. The Morgan fingerprint density at radius 2 is 1.65 bits per heavy atom. The van der Waals surface area contributed by atoms with E-state index in [0.29, 0.717) is 42.4 Å². The molecule has 34 heavy (non-hydrogen) atoms. The first kappa shape index (κ1) is 24.2. The van der Waals surface area contributed by atoms with Gasteiger partial charge in [-0.15, -0.1) is 0 Å². The van der Waals surface area contributed by atoms with Crippen LogP contribution in [0.2, 0.25) is 5.02 Å². The summed E-state index contributed by atoms with van der Waals surface area (Å²) in [5.41, 5.74) is -0.116. The van der Waals surface area contributed by atoms with Gasteiger partial charge in [0.25, 0.3) is 11.5 Å². The number of carbonyl (C=O) groups excluding carboxylic acids is 3. The van der Waals surface area contributed by atoms with E-state index in [1.807, 2.05) is 4.90 Å². The number of nitrogens with zero attached hydrogens (tertiary/aromatic N) is 3. The van der Waals surface area contributed by atoms with E-state index in [1.54, 1.807) is 41.3 Å². The number of piperidine rings is 2. The summed E-state index contributed by atoms with van der Waals surface area (Å²) in [5, 5.41) is 0.478. The molecule has 2 amide bonds. The van der Waals surface area contributed by atoms with E-state index in [2.05, 4.69) is 6.92 Å². The summed E-state index contributed by atoms with van der Waals surface area (Å²) < 4.78 is 1.19. The quantitative estimate of drug-likeness (QED) is 0.482. The molecule has 0 bridgehead atoms. The van der Waals surface area contributed by atoms with Crippen molar-refractivity contribution in [3.8, 4) is 0 Å². The third kappa shape index (κ3) is 5.25. The standard InChI is InChI=1S/C26H30ClN3O4/c1-18-5-4-13-29(17-18)25(33)20-11-15-28(16-12-20)26(34)23(30-14-3-2-6-22(30)31)24(32)19-7-9-21(27)10-8-19/h2-3,6-10,14,18,20,23H,4-5,11-13,15-17H2,1H3. The Kier molecular flexibility index (Phi) is 7.51. The molecule has 2 aromatic rings. The van der Waals surface area contributed by atoms with Crippen LogP contribution in [0, 0.1) is 11.8 Å². The van der Waals surface area contributed by atoms with Gasteiger partial charge in [0, 0.05) is 54.9 Å². The van der Waals surface area contributed by atoms with Gasteiger partial charge in [-0.3, -0.25) is 23.7 Å². The Hall–Kier alpha value is -2.93. The summed E-state index contributed by atoms with van der Waals surface area (Å²) in [5.74, 6) is -0.310. The Balaban J connectivity index is 1.50. The number of amides is 2. The fraction of sp³-hybridized carbons (Fsp3) is 0.462. The summed E-state index contributed by atoms with van der Waals surface area (Å²) >= 11 is 5.95. The smallest absolute Gasteiger partial charge is 0.253 e. The molecule has 180 valence electrons. The molecule has 7 nitrogen and oxygen atoms in total. The Bertz CT molecular complexity index is 1110. The van der Waals surface area contributed by atoms with Crippen molar-refractivity contribution in [2.75, 3.05) is 26.2 Å². The van der Waals surface area contributed by atoms with Crippen LogP contribution in [0.25, 0.3) is 0 Å². The van der Waals surface area contributed by atoms with Crippen molar-refractivity contribution < 1.29 is 14.4 Å². The van der Waals surface area contributed by atoms with Gasteiger partial charge in [-0.2, -0.15) is 0 Å². The number of Topliss-reactive ketones (excluding diaryl/α,β-unsaturated/α-hetero) is 1. The van der Waals surface area contributed by atoms with E-state index in [-0.39, 0.29) is 11.8 Å². The SMILES string of the molecule is CC1CCCN(C(=O)C2CCN(C(=O)C(C(=O)c3ccc(Cl)cc3)n3ccccc3=O)CC2)C1. The molecule has 0 radical (unpaired) electrons. The largest absolute Gasteiger partial charge is 0.342 e. The molecule has 1 aromatic heterocycles. The van der Waals surface area contributed by atoms with Gasteiger partial charge in [-0.25, -0.2) is 0 Å². The summed E-state index contributed by atoms with van der Waals surface area (Å²) in [7, 11) is 0. The van der Waals surface area contributed by atoms with Crippen LogP contribution in [-0.4, -0.2) is 58.1 Å². The van der Waals surface area contributed by atoms with Gasteiger partial charge in [0.05, 0.1) is 0 Å². The van der Waals surface area contributed by atoms with Crippen LogP contribution in [0.15, 0.2) is 53.5 Å². The molecule has 8 heteroatoms. The minimum absolute atomic E-state index is 0.112. The molecule has 0 N–H and O–H groups in total. The van der Waals surface area contributed by atoms with Crippen LogP contribution < -0.4 is 5.56 Å². The highest BCUT2D eigenvalue weighted by Crippen LogP contribution is 2.26. The van der Waals surface area contributed by atoms with Crippen LogP contribution in [-0.2, 0) is 9.59 Å². The number of rotatable bonds is 5. The second-order valence-electron chi connectivity index (χ2n) is 9.35. The molecule has 0 saturated carbocycles. The van der Waals surface area contributed by atoms with Gasteiger partial charge in [0.2, 0.25) is 5.91 Å². The van der Waals surface area contributed by atoms with Gasteiger partial charge >= 0.3 is 0 Å². The summed E-state index contributed by atoms with van der Waals surface area (Å²) in [6.07, 6.45) is 4.76. The lowest BCUT2D eigenvalue weighted by molar-refractivity contribution is -0.142. The van der Waals surface area contributed by atoms with Gasteiger partial charge in [-0.1, -0.05) is 24.6 Å². The molecule has 0 aliphatic carbocycles. The Morgan fingerprint density at radius 3 is 2.29 bits per heavy atom. The first-order valence-electron chi connectivity index (χ1n) is 11.9. The zero-order valence-electron chi connectivity index (χ0n) is 19.4. The molecule has 2 atom stereocenters. The molecule has 2 aliphatic rings. The first-order valence-corrected chi connectivity index (χ1v) is 12.3. The van der Waals surface area contributed by atoms with Crippen LogP contribution in [0.1, 0.15) is 49.0 Å². The lowest BCUT2D eigenvalue weighted by Gasteiger charge is -2.38. The van der Waals surface area contributed by atoms with Crippen LogP contribution in [0.4, 0.5) is 0 Å². The molecule has 2 unspecified atom stereocenters. The molecule has 0 spiro atoms. The number of ketones is 1. The molecular weight excluding hydrogens is 454 g/mol. The second kappa shape index (κ2) is 10.6. The third-order valence-electron chi connectivity index (χ3n) is 6.86. The van der Waals surface area contributed by atoms with E-state index < -0.39 is 23.3 Å². The molecule has 3 heterocycles. The van der Waals surface area contributed by atoms with E-state index in [0.717, 1.165) is 25.9 Å². The van der Waals surface area contributed by atoms with Crippen LogP contribution in [0.3, 0.4) is 0 Å². The average Bonchev–Trinajstić information content (AvgIpc) is 2.85. The maximum atomic E-state index is 13.6. The molecule has 1 aromatic carbocycles. The summed E-state index contributed by atoms with van der Waals surface area (Å²) in [6, 6.07) is 9.52. The van der Waals surface area contributed by atoms with Crippen molar-refractivity contribution in [3.63, 3.8) is 0 Å². The fourth-order valence-electron chi connectivity index (χ4n) is 4.95. The molecule has 2 saturated heterocycles. The number of pyridine rings is 1. The second-order valence-corrected chi connectivity index (χ2v) is 9.79. The number of likely N-dealkylation sites (tertiary alicyclic amines) is 2. The molecule has 2 aliphatic heterocycles. The number of carbonyl (C=O) groups is 3. The fourth-order valence-corrected chi connectivity index (χ4v) is 5.08. The van der Waals surface area contributed by atoms with Crippen molar-refractivity contribution in [1.82, 2.24) is 14.4 Å². The lowest BCUT2D eigenvalue weighted by atomic mass is 9.92. The highest BCUT2D eigenvalue weighted by molar-refractivity contribution is 6.30. The Morgan fingerprint density at radius 1 is 0.941 bits per heavy atom. The van der Waals surface area contributed by atoms with Gasteiger partial charge in [0.1, 0.15) is 0 Å². The Labute approximate surface area is 204 Å². The number of hydrogen-bond acceptors (Lipinski definition) is 4. The molecular formula is C26H30ClN3O4. The predicted octanol–water partition coefficient (Wildman–Crippen LogP) is 3.42. The first-order chi connectivity index (χ1) is 16.3. The zero-order valence-corrected chi connectivity index (χ0v) is 20.1. The predicted molar refractivity (Wildman–Crippen MR) is 130 cm³/mol.